The van der Waals surface area contributed by atoms with Gasteiger partial charge < -0.3 is 25.6 Å². The number of carbonyl (C=O) groups is 3. The van der Waals surface area contributed by atoms with Gasteiger partial charge in [0.15, 0.2) is 6.10 Å². The lowest BCUT2D eigenvalue weighted by Crippen LogP contribution is -2.49. The molecule has 4 N–H and O–H groups in total. The van der Waals surface area contributed by atoms with E-state index in [1.54, 1.807) is 0 Å². The van der Waals surface area contributed by atoms with Gasteiger partial charge in [-0.25, -0.2) is 9.59 Å². The summed E-state index contributed by atoms with van der Waals surface area (Å²) in [6.45, 7) is -0.407. The largest absolute Gasteiger partial charge is 0.479 e. The molecule has 9 heteroatoms. The van der Waals surface area contributed by atoms with E-state index in [4.69, 9.17) is 15.1 Å². The Kier molecular flexibility index (Phi) is 8.60. The van der Waals surface area contributed by atoms with Crippen LogP contribution < -0.4 is 10.6 Å². The zero-order chi connectivity index (χ0) is 24.5. The molecule has 178 valence electrons. The van der Waals surface area contributed by atoms with Gasteiger partial charge in [-0.05, 0) is 41.5 Å². The number of carboxylic acid groups (broad SMARTS) is 1. The molecule has 2 amide bonds. The molecule has 1 aliphatic carbocycles. The number of alkyl carbamates (subject to hydrolysis) is 1. The monoisotopic (exact) mass is 465 g/mol. The van der Waals surface area contributed by atoms with Crippen LogP contribution in [0.25, 0.3) is 11.1 Å². The standard InChI is InChI=1S/C25H27N3O6/c26-13-7-1-2-12-21(23(30)27-14-22(29)24(31)32)28-25(33)34-15-20-18-10-5-3-8-16(18)17-9-4-6-11-19(17)20/h3-6,8-11,20-22,29H,1-2,7,12,14-15H2,(H,27,30)(H,28,33)(H,31,32). The summed E-state index contributed by atoms with van der Waals surface area (Å²) < 4.78 is 5.49. The van der Waals surface area contributed by atoms with Crippen LogP contribution in [0.5, 0.6) is 0 Å². The highest BCUT2D eigenvalue weighted by atomic mass is 16.5. The van der Waals surface area contributed by atoms with Crippen molar-refractivity contribution >= 4 is 18.0 Å². The summed E-state index contributed by atoms with van der Waals surface area (Å²) in [6, 6.07) is 16.9. The Morgan fingerprint density at radius 2 is 1.65 bits per heavy atom. The maximum absolute atomic E-state index is 12.6. The number of aliphatic carboxylic acids is 1. The van der Waals surface area contributed by atoms with E-state index >= 15 is 0 Å². The van der Waals surface area contributed by atoms with Crippen molar-refractivity contribution < 1.29 is 29.3 Å². The summed E-state index contributed by atoms with van der Waals surface area (Å²) in [4.78, 5) is 35.8. The molecular weight excluding hydrogens is 438 g/mol. The highest BCUT2D eigenvalue weighted by molar-refractivity contribution is 5.86. The SMILES string of the molecule is N#CCCCCC(NC(=O)OCC1c2ccccc2-c2ccccc21)C(=O)NCC(O)C(=O)O. The zero-order valence-electron chi connectivity index (χ0n) is 18.6. The molecule has 2 atom stereocenters. The molecule has 0 saturated carbocycles. The van der Waals surface area contributed by atoms with Gasteiger partial charge in [-0.2, -0.15) is 5.26 Å². The lowest BCUT2D eigenvalue weighted by molar-refractivity contribution is -0.146. The molecule has 0 aromatic heterocycles. The number of fused-ring (bicyclic) bond motifs is 3. The topological polar surface area (TPSA) is 149 Å². The van der Waals surface area contributed by atoms with Crippen LogP contribution in [0.2, 0.25) is 0 Å². The van der Waals surface area contributed by atoms with E-state index in [0.29, 0.717) is 19.3 Å². The summed E-state index contributed by atoms with van der Waals surface area (Å²) in [5, 5.41) is 31.7. The highest BCUT2D eigenvalue weighted by Gasteiger charge is 2.30. The van der Waals surface area contributed by atoms with Crippen molar-refractivity contribution in [1.29, 1.82) is 5.26 Å². The van der Waals surface area contributed by atoms with Crippen molar-refractivity contribution in [3.63, 3.8) is 0 Å². The Morgan fingerprint density at radius 3 is 2.24 bits per heavy atom. The number of hydrogen-bond donors (Lipinski definition) is 4. The third-order valence-corrected chi connectivity index (χ3v) is 5.74. The fraction of sp³-hybridized carbons (Fsp3) is 0.360. The molecule has 9 nitrogen and oxygen atoms in total. The number of rotatable bonds is 11. The molecule has 2 aromatic carbocycles. The molecule has 0 saturated heterocycles. The van der Waals surface area contributed by atoms with Gasteiger partial charge in [0.2, 0.25) is 5.91 Å². The van der Waals surface area contributed by atoms with E-state index in [9.17, 15) is 19.5 Å². The van der Waals surface area contributed by atoms with Crippen LogP contribution in [0, 0.1) is 11.3 Å². The van der Waals surface area contributed by atoms with Gasteiger partial charge in [0, 0.05) is 12.3 Å². The van der Waals surface area contributed by atoms with Crippen molar-refractivity contribution in [1.82, 2.24) is 10.6 Å². The Hall–Kier alpha value is -3.90. The average molecular weight is 466 g/mol. The predicted molar refractivity (Wildman–Crippen MR) is 123 cm³/mol. The second-order valence-electron chi connectivity index (χ2n) is 8.03. The molecule has 0 bridgehead atoms. The molecule has 0 spiro atoms. The number of hydrogen-bond acceptors (Lipinski definition) is 6. The second-order valence-corrected chi connectivity index (χ2v) is 8.03. The number of carboxylic acids is 1. The first-order valence-corrected chi connectivity index (χ1v) is 11.1. The molecule has 0 radical (unpaired) electrons. The van der Waals surface area contributed by atoms with Gasteiger partial charge in [-0.1, -0.05) is 48.5 Å². The van der Waals surface area contributed by atoms with Crippen LogP contribution in [-0.4, -0.2) is 53.5 Å². The first kappa shape index (κ1) is 24.7. The number of carbonyl (C=O) groups excluding carboxylic acids is 2. The lowest BCUT2D eigenvalue weighted by atomic mass is 9.98. The van der Waals surface area contributed by atoms with Crippen LogP contribution in [0.1, 0.15) is 42.7 Å². The summed E-state index contributed by atoms with van der Waals surface area (Å²) in [5.74, 6) is -2.23. The summed E-state index contributed by atoms with van der Waals surface area (Å²) in [6.07, 6.45) is -0.933. The second kappa shape index (κ2) is 11.8. The van der Waals surface area contributed by atoms with Crippen molar-refractivity contribution in [3.05, 3.63) is 59.7 Å². The van der Waals surface area contributed by atoms with Gasteiger partial charge in [0.1, 0.15) is 12.6 Å². The number of unbranched alkanes of at least 4 members (excludes halogenated alkanes) is 2. The number of benzene rings is 2. The first-order chi connectivity index (χ1) is 16.4. The molecule has 0 fully saturated rings. The quantitative estimate of drug-likeness (QED) is 0.373. The fourth-order valence-electron chi connectivity index (χ4n) is 4.01. The molecular formula is C25H27N3O6. The van der Waals surface area contributed by atoms with Crippen molar-refractivity contribution in [2.75, 3.05) is 13.2 Å². The molecule has 2 unspecified atom stereocenters. The van der Waals surface area contributed by atoms with Crippen LogP contribution in [0.4, 0.5) is 4.79 Å². The van der Waals surface area contributed by atoms with Gasteiger partial charge in [-0.15, -0.1) is 0 Å². The van der Waals surface area contributed by atoms with Gasteiger partial charge in [-0.3, -0.25) is 4.79 Å². The predicted octanol–water partition coefficient (Wildman–Crippen LogP) is 2.54. The van der Waals surface area contributed by atoms with E-state index in [0.717, 1.165) is 22.3 Å². The minimum absolute atomic E-state index is 0.0837. The van der Waals surface area contributed by atoms with E-state index in [-0.39, 0.29) is 18.9 Å². The minimum atomic E-state index is -1.75. The summed E-state index contributed by atoms with van der Waals surface area (Å²) in [5.41, 5.74) is 4.31. The van der Waals surface area contributed by atoms with E-state index in [1.165, 1.54) is 0 Å². The molecule has 0 aliphatic heterocycles. The Morgan fingerprint density at radius 1 is 1.03 bits per heavy atom. The fourth-order valence-corrected chi connectivity index (χ4v) is 4.01. The zero-order valence-corrected chi connectivity index (χ0v) is 18.6. The van der Waals surface area contributed by atoms with Crippen molar-refractivity contribution in [2.45, 2.75) is 43.7 Å². The normalized spacial score (nSPS) is 13.6. The highest BCUT2D eigenvalue weighted by Crippen LogP contribution is 2.44. The number of aliphatic hydroxyl groups excluding tert-OH is 1. The van der Waals surface area contributed by atoms with Crippen LogP contribution in [0.3, 0.4) is 0 Å². The average Bonchev–Trinajstić information content (AvgIpc) is 3.16. The summed E-state index contributed by atoms with van der Waals surface area (Å²) >= 11 is 0. The Bertz CT molecular complexity index is 1030. The molecule has 34 heavy (non-hydrogen) atoms. The molecule has 0 heterocycles. The van der Waals surface area contributed by atoms with Gasteiger partial charge in [0.05, 0.1) is 12.6 Å². The number of nitrogens with zero attached hydrogens (tertiary/aromatic N) is 1. The lowest BCUT2D eigenvalue weighted by Gasteiger charge is -2.20. The molecule has 2 aromatic rings. The third kappa shape index (κ3) is 6.11. The van der Waals surface area contributed by atoms with Crippen LogP contribution in [-0.2, 0) is 14.3 Å². The number of amides is 2. The van der Waals surface area contributed by atoms with E-state index in [2.05, 4.69) is 10.6 Å². The van der Waals surface area contributed by atoms with E-state index < -0.39 is 36.7 Å². The van der Waals surface area contributed by atoms with Crippen molar-refractivity contribution in [3.8, 4) is 17.2 Å². The molecule has 3 rings (SSSR count). The minimum Gasteiger partial charge on any atom is -0.479 e. The first-order valence-electron chi connectivity index (χ1n) is 11.1. The number of nitrogens with one attached hydrogen (secondary N) is 2. The smallest absolute Gasteiger partial charge is 0.407 e. The van der Waals surface area contributed by atoms with Crippen molar-refractivity contribution in [2.24, 2.45) is 0 Å². The molecule has 1 aliphatic rings. The summed E-state index contributed by atoms with van der Waals surface area (Å²) in [7, 11) is 0. The van der Waals surface area contributed by atoms with E-state index in [1.807, 2.05) is 54.6 Å². The number of aliphatic hydroxyl groups is 1. The maximum atomic E-state index is 12.6. The van der Waals surface area contributed by atoms with Gasteiger partial charge in [0.25, 0.3) is 0 Å². The van der Waals surface area contributed by atoms with Crippen LogP contribution in [0.15, 0.2) is 48.5 Å². The number of ether oxygens (including phenoxy) is 1. The number of nitriles is 1. The Labute approximate surface area is 197 Å². The third-order valence-electron chi connectivity index (χ3n) is 5.74. The van der Waals surface area contributed by atoms with Crippen LogP contribution >= 0.6 is 0 Å². The van der Waals surface area contributed by atoms with Gasteiger partial charge >= 0.3 is 12.1 Å². The Balaban J connectivity index is 1.62. The maximum Gasteiger partial charge on any atom is 0.407 e.